The average Bonchev–Trinajstić information content (AvgIpc) is 2.57. The van der Waals surface area contributed by atoms with Crippen LogP contribution in [0.1, 0.15) is 55.4 Å². The first kappa shape index (κ1) is 31.0. The minimum Gasteiger partial charge on any atom is -0.0991 e. The van der Waals surface area contributed by atoms with E-state index in [1.54, 1.807) is 12.2 Å². The van der Waals surface area contributed by atoms with Crippen molar-refractivity contribution < 1.29 is 0 Å². The largest absolute Gasteiger partial charge is 0.0991 e. The van der Waals surface area contributed by atoms with Gasteiger partial charge in [0.25, 0.3) is 0 Å². The van der Waals surface area contributed by atoms with E-state index in [1.165, 1.54) is 0 Å². The van der Waals surface area contributed by atoms with E-state index in [9.17, 15) is 0 Å². The lowest BCUT2D eigenvalue weighted by molar-refractivity contribution is 1.50. The zero-order chi connectivity index (χ0) is 17.4. The third-order valence-electron chi connectivity index (χ3n) is 1.28. The highest BCUT2D eigenvalue weighted by molar-refractivity contribution is 5.43. The molecule has 0 nitrogen and oxygen atoms in total. The standard InChI is InChI=1S/C12H14.4C2H6/c1-5-7-9-11(3)12(4)10-8-6-2;4*1-2/h5-10H,1-4H2;4*1-2H3/b9-7-,10-8-;;;;. The van der Waals surface area contributed by atoms with Gasteiger partial charge in [-0.25, -0.2) is 0 Å². The fourth-order valence-corrected chi connectivity index (χ4v) is 0.582. The molecule has 0 radical (unpaired) electrons. The normalized spacial score (nSPS) is 7.40. The van der Waals surface area contributed by atoms with Crippen LogP contribution in [0.25, 0.3) is 0 Å². The first-order valence-corrected chi connectivity index (χ1v) is 7.68. The molecule has 0 heteroatoms. The topological polar surface area (TPSA) is 0 Å². The molecule has 0 aliphatic carbocycles. The van der Waals surface area contributed by atoms with E-state index >= 15 is 0 Å². The van der Waals surface area contributed by atoms with Crippen molar-refractivity contribution in [2.45, 2.75) is 55.4 Å². The van der Waals surface area contributed by atoms with Gasteiger partial charge in [0.2, 0.25) is 0 Å². The molecule has 0 saturated heterocycles. The smallest absolute Gasteiger partial charge is 0.0262 e. The van der Waals surface area contributed by atoms with Crippen molar-refractivity contribution in [1.29, 1.82) is 0 Å². The van der Waals surface area contributed by atoms with Crippen LogP contribution in [0.15, 0.2) is 73.9 Å². The van der Waals surface area contributed by atoms with Crippen molar-refractivity contribution in [3.63, 3.8) is 0 Å². The van der Waals surface area contributed by atoms with Gasteiger partial charge in [-0.15, -0.1) is 0 Å². The van der Waals surface area contributed by atoms with Gasteiger partial charge >= 0.3 is 0 Å². The van der Waals surface area contributed by atoms with Gasteiger partial charge in [0.15, 0.2) is 0 Å². The van der Waals surface area contributed by atoms with E-state index in [2.05, 4.69) is 26.3 Å². The summed E-state index contributed by atoms with van der Waals surface area (Å²) in [5.41, 5.74) is 1.76. The summed E-state index contributed by atoms with van der Waals surface area (Å²) in [5, 5.41) is 0. The van der Waals surface area contributed by atoms with Crippen molar-refractivity contribution in [3.05, 3.63) is 73.9 Å². The number of rotatable bonds is 5. The summed E-state index contributed by atoms with van der Waals surface area (Å²) < 4.78 is 0. The zero-order valence-electron chi connectivity index (χ0n) is 15.3. The highest BCUT2D eigenvalue weighted by Gasteiger charge is 1.88. The fraction of sp³-hybridized carbons (Fsp3) is 0.400. The van der Waals surface area contributed by atoms with Crippen LogP contribution in [0.3, 0.4) is 0 Å². The molecule has 0 spiro atoms. The molecule has 0 atom stereocenters. The SMILES string of the molecule is C=C/C=C\C(=C)C(=C)/C=C\C=C.CC.CC.CC.CC. The van der Waals surface area contributed by atoms with Gasteiger partial charge in [-0.3, -0.25) is 0 Å². The summed E-state index contributed by atoms with van der Waals surface area (Å²) in [6.45, 7) is 30.8. The molecule has 0 unspecified atom stereocenters. The van der Waals surface area contributed by atoms with E-state index in [1.807, 2.05) is 79.7 Å². The third kappa shape index (κ3) is 36.0. The molecule has 0 heterocycles. The Labute approximate surface area is 130 Å². The Balaban J connectivity index is -0.0000000799. The van der Waals surface area contributed by atoms with E-state index in [4.69, 9.17) is 0 Å². The van der Waals surface area contributed by atoms with Crippen LogP contribution in [-0.4, -0.2) is 0 Å². The molecule has 0 fully saturated rings. The molecule has 0 bridgehead atoms. The number of hydrogen-bond acceptors (Lipinski definition) is 0. The number of hydrogen-bond donors (Lipinski definition) is 0. The van der Waals surface area contributed by atoms with Crippen molar-refractivity contribution in [1.82, 2.24) is 0 Å². The Morgan fingerprint density at radius 3 is 0.900 bits per heavy atom. The monoisotopic (exact) mass is 278 g/mol. The minimum atomic E-state index is 0.882. The first-order chi connectivity index (χ1) is 9.72. The van der Waals surface area contributed by atoms with Crippen molar-refractivity contribution in [2.24, 2.45) is 0 Å². The van der Waals surface area contributed by atoms with Crippen LogP contribution < -0.4 is 0 Å². The van der Waals surface area contributed by atoms with Crippen LogP contribution in [0, 0.1) is 0 Å². The van der Waals surface area contributed by atoms with Gasteiger partial charge in [-0.1, -0.05) is 118 Å². The van der Waals surface area contributed by atoms with Crippen molar-refractivity contribution in [3.8, 4) is 0 Å². The van der Waals surface area contributed by atoms with Crippen LogP contribution in [-0.2, 0) is 0 Å². The second-order valence-electron chi connectivity index (χ2n) is 2.24. The van der Waals surface area contributed by atoms with E-state index < -0.39 is 0 Å². The van der Waals surface area contributed by atoms with Gasteiger partial charge in [-0.05, 0) is 11.1 Å². The van der Waals surface area contributed by atoms with Crippen LogP contribution >= 0.6 is 0 Å². The maximum atomic E-state index is 3.83. The fourth-order valence-electron chi connectivity index (χ4n) is 0.582. The molecule has 0 aliphatic rings. The average molecular weight is 279 g/mol. The van der Waals surface area contributed by atoms with Gasteiger partial charge in [0.05, 0.1) is 0 Å². The summed E-state index contributed by atoms with van der Waals surface area (Å²) in [6, 6.07) is 0. The zero-order valence-corrected chi connectivity index (χ0v) is 15.3. The molecule has 118 valence electrons. The van der Waals surface area contributed by atoms with E-state index in [0.29, 0.717) is 0 Å². The highest BCUT2D eigenvalue weighted by atomic mass is 13.9. The van der Waals surface area contributed by atoms with Gasteiger partial charge in [-0.2, -0.15) is 0 Å². The van der Waals surface area contributed by atoms with Crippen LogP contribution in [0.5, 0.6) is 0 Å². The number of allylic oxidation sites excluding steroid dienone is 8. The molecule has 0 aromatic carbocycles. The molecular weight excluding hydrogens is 240 g/mol. The lowest BCUT2D eigenvalue weighted by Gasteiger charge is -1.96. The van der Waals surface area contributed by atoms with Gasteiger partial charge < -0.3 is 0 Å². The van der Waals surface area contributed by atoms with Crippen LogP contribution in [0.2, 0.25) is 0 Å². The second kappa shape index (κ2) is 43.2. The highest BCUT2D eigenvalue weighted by Crippen LogP contribution is 2.07. The first-order valence-electron chi connectivity index (χ1n) is 7.68. The maximum absolute atomic E-state index is 3.83. The van der Waals surface area contributed by atoms with Crippen molar-refractivity contribution >= 4 is 0 Å². The summed E-state index contributed by atoms with van der Waals surface area (Å²) in [4.78, 5) is 0. The lowest BCUT2D eigenvalue weighted by Crippen LogP contribution is -1.76. The molecule has 0 aromatic heterocycles. The maximum Gasteiger partial charge on any atom is -0.0262 e. The Morgan fingerprint density at radius 1 is 0.550 bits per heavy atom. The molecule has 0 aliphatic heterocycles. The molecular formula is C20H38. The van der Waals surface area contributed by atoms with E-state index in [-0.39, 0.29) is 0 Å². The molecule has 0 aromatic rings. The molecule has 0 saturated carbocycles. The summed E-state index contributed by atoms with van der Waals surface area (Å²) in [6.07, 6.45) is 10.8. The predicted molar refractivity (Wildman–Crippen MR) is 102 cm³/mol. The Bertz CT molecular complexity index is 221. The minimum absolute atomic E-state index is 0.882. The quantitative estimate of drug-likeness (QED) is 0.452. The van der Waals surface area contributed by atoms with Crippen LogP contribution in [0.4, 0.5) is 0 Å². The van der Waals surface area contributed by atoms with Gasteiger partial charge in [0, 0.05) is 0 Å². The molecule has 0 N–H and O–H groups in total. The second-order valence-corrected chi connectivity index (χ2v) is 2.24. The molecule has 0 amide bonds. The Morgan fingerprint density at radius 2 is 0.750 bits per heavy atom. The predicted octanol–water partition coefficient (Wildman–Crippen LogP) is 7.69. The summed E-state index contributed by atoms with van der Waals surface area (Å²) in [5.74, 6) is 0. The Hall–Kier alpha value is -1.56. The van der Waals surface area contributed by atoms with Crippen molar-refractivity contribution in [2.75, 3.05) is 0 Å². The molecule has 20 heavy (non-hydrogen) atoms. The summed E-state index contributed by atoms with van der Waals surface area (Å²) >= 11 is 0. The Kier molecular flexibility index (Phi) is 67.1. The summed E-state index contributed by atoms with van der Waals surface area (Å²) in [7, 11) is 0. The van der Waals surface area contributed by atoms with E-state index in [0.717, 1.165) is 11.1 Å². The lowest BCUT2D eigenvalue weighted by atomic mass is 10.1. The van der Waals surface area contributed by atoms with Gasteiger partial charge in [0.1, 0.15) is 0 Å². The molecule has 0 rings (SSSR count). The third-order valence-corrected chi connectivity index (χ3v) is 1.28.